The van der Waals surface area contributed by atoms with E-state index in [1.54, 1.807) is 18.5 Å². The summed E-state index contributed by atoms with van der Waals surface area (Å²) in [5.74, 6) is 0. The van der Waals surface area contributed by atoms with Crippen LogP contribution in [0.3, 0.4) is 0 Å². The molecule has 0 aliphatic carbocycles. The third kappa shape index (κ3) is 2.08. The van der Waals surface area contributed by atoms with Gasteiger partial charge < -0.3 is 10.0 Å². The van der Waals surface area contributed by atoms with Crippen LogP contribution in [-0.2, 0) is 0 Å². The molecule has 4 heteroatoms. The Morgan fingerprint density at radius 3 is 3.20 bits per heavy atom. The van der Waals surface area contributed by atoms with E-state index in [-0.39, 0.29) is 6.10 Å². The second-order valence-corrected chi connectivity index (χ2v) is 3.75. The predicted octanol–water partition coefficient (Wildman–Crippen LogP) is 0.914. The van der Waals surface area contributed by atoms with E-state index in [0.29, 0.717) is 12.1 Å². The van der Waals surface area contributed by atoms with Gasteiger partial charge in [-0.1, -0.05) is 0 Å². The van der Waals surface area contributed by atoms with Crippen LogP contribution in [0.15, 0.2) is 18.5 Å². The molecule has 1 N–H and O–H groups in total. The summed E-state index contributed by atoms with van der Waals surface area (Å²) in [5, 5.41) is 18.5. The lowest BCUT2D eigenvalue weighted by molar-refractivity contribution is 0.154. The van der Waals surface area contributed by atoms with Gasteiger partial charge in [0.25, 0.3) is 0 Å². The lowest BCUT2D eigenvalue weighted by Gasteiger charge is -2.32. The largest absolute Gasteiger partial charge is 0.391 e. The van der Waals surface area contributed by atoms with Gasteiger partial charge in [0, 0.05) is 19.3 Å². The Kier molecular flexibility index (Phi) is 2.84. The zero-order valence-electron chi connectivity index (χ0n) is 8.43. The molecule has 1 atom stereocenters. The van der Waals surface area contributed by atoms with Crippen LogP contribution in [0.2, 0.25) is 0 Å². The Labute approximate surface area is 88.8 Å². The van der Waals surface area contributed by atoms with Crippen molar-refractivity contribution in [3.63, 3.8) is 0 Å². The maximum Gasteiger partial charge on any atom is 0.101 e. The molecule has 1 saturated heterocycles. The van der Waals surface area contributed by atoms with Gasteiger partial charge >= 0.3 is 0 Å². The summed E-state index contributed by atoms with van der Waals surface area (Å²) in [6, 6.07) is 3.85. The Balaban J connectivity index is 2.25. The number of piperidine rings is 1. The third-order valence-electron chi connectivity index (χ3n) is 2.66. The van der Waals surface area contributed by atoms with Gasteiger partial charge in [-0.15, -0.1) is 0 Å². The molecular formula is C11H13N3O. The second kappa shape index (κ2) is 4.28. The minimum absolute atomic E-state index is 0.287. The fourth-order valence-corrected chi connectivity index (χ4v) is 1.91. The van der Waals surface area contributed by atoms with Crippen molar-refractivity contribution in [1.29, 1.82) is 5.26 Å². The van der Waals surface area contributed by atoms with E-state index >= 15 is 0 Å². The first-order valence-electron chi connectivity index (χ1n) is 5.08. The van der Waals surface area contributed by atoms with Gasteiger partial charge in [-0.2, -0.15) is 5.26 Å². The first-order chi connectivity index (χ1) is 7.31. The van der Waals surface area contributed by atoms with Crippen molar-refractivity contribution in [1.82, 2.24) is 4.98 Å². The lowest BCUT2D eigenvalue weighted by atomic mass is 10.1. The molecule has 0 spiro atoms. The Morgan fingerprint density at radius 1 is 1.60 bits per heavy atom. The van der Waals surface area contributed by atoms with Gasteiger partial charge in [0.2, 0.25) is 0 Å². The van der Waals surface area contributed by atoms with Crippen LogP contribution in [0, 0.1) is 11.3 Å². The number of hydrogen-bond acceptors (Lipinski definition) is 4. The van der Waals surface area contributed by atoms with E-state index in [9.17, 15) is 5.11 Å². The Bertz CT molecular complexity index is 386. The molecule has 0 bridgehead atoms. The Hall–Kier alpha value is -1.60. The average molecular weight is 203 g/mol. The number of aromatic nitrogens is 1. The van der Waals surface area contributed by atoms with Crippen LogP contribution >= 0.6 is 0 Å². The van der Waals surface area contributed by atoms with Crippen molar-refractivity contribution >= 4 is 5.69 Å². The number of aliphatic hydroxyl groups is 1. The molecule has 0 aromatic carbocycles. The molecule has 1 fully saturated rings. The van der Waals surface area contributed by atoms with Crippen molar-refractivity contribution in [3.05, 3.63) is 24.0 Å². The van der Waals surface area contributed by atoms with E-state index in [1.807, 2.05) is 4.90 Å². The van der Waals surface area contributed by atoms with Crippen molar-refractivity contribution in [2.45, 2.75) is 18.9 Å². The monoisotopic (exact) mass is 203 g/mol. The highest BCUT2D eigenvalue weighted by molar-refractivity contribution is 5.57. The van der Waals surface area contributed by atoms with E-state index in [0.717, 1.165) is 25.1 Å². The third-order valence-corrected chi connectivity index (χ3v) is 2.66. The zero-order valence-corrected chi connectivity index (χ0v) is 8.43. The van der Waals surface area contributed by atoms with Gasteiger partial charge in [0.15, 0.2) is 0 Å². The zero-order chi connectivity index (χ0) is 10.7. The SMILES string of the molecule is N#Cc1ccncc1N1CCCC(O)C1. The van der Waals surface area contributed by atoms with Crippen molar-refractivity contribution < 1.29 is 5.11 Å². The molecule has 1 aliphatic heterocycles. The fraction of sp³-hybridized carbons (Fsp3) is 0.455. The molecule has 4 nitrogen and oxygen atoms in total. The van der Waals surface area contributed by atoms with E-state index in [4.69, 9.17) is 5.26 Å². The number of aliphatic hydroxyl groups excluding tert-OH is 1. The van der Waals surface area contributed by atoms with E-state index < -0.39 is 0 Å². The predicted molar refractivity (Wildman–Crippen MR) is 56.4 cm³/mol. The molecule has 1 aromatic heterocycles. The van der Waals surface area contributed by atoms with Gasteiger partial charge in [-0.05, 0) is 18.9 Å². The van der Waals surface area contributed by atoms with Gasteiger partial charge in [0.1, 0.15) is 6.07 Å². The Morgan fingerprint density at radius 2 is 2.47 bits per heavy atom. The van der Waals surface area contributed by atoms with Gasteiger partial charge in [0.05, 0.1) is 23.6 Å². The van der Waals surface area contributed by atoms with Crippen LogP contribution in [0.5, 0.6) is 0 Å². The number of β-amino-alcohol motifs (C(OH)–C–C–N with tert-alkyl or cyclic N) is 1. The van der Waals surface area contributed by atoms with Gasteiger partial charge in [-0.25, -0.2) is 0 Å². The highest BCUT2D eigenvalue weighted by Gasteiger charge is 2.19. The maximum atomic E-state index is 9.56. The standard InChI is InChI=1S/C11H13N3O/c12-6-9-3-4-13-7-11(9)14-5-1-2-10(15)8-14/h3-4,7,10,15H,1-2,5,8H2. The van der Waals surface area contributed by atoms with Crippen molar-refractivity contribution in [2.24, 2.45) is 0 Å². The summed E-state index contributed by atoms with van der Waals surface area (Å²) >= 11 is 0. The summed E-state index contributed by atoms with van der Waals surface area (Å²) in [7, 11) is 0. The van der Waals surface area contributed by atoms with Crippen LogP contribution in [0.25, 0.3) is 0 Å². The molecule has 0 amide bonds. The lowest BCUT2D eigenvalue weighted by Crippen LogP contribution is -2.38. The van der Waals surface area contributed by atoms with Gasteiger partial charge in [-0.3, -0.25) is 4.98 Å². The molecule has 0 saturated carbocycles. The molecule has 78 valence electrons. The highest BCUT2D eigenvalue weighted by Crippen LogP contribution is 2.22. The van der Waals surface area contributed by atoms with Crippen LogP contribution in [-0.4, -0.2) is 29.3 Å². The topological polar surface area (TPSA) is 60.2 Å². The summed E-state index contributed by atoms with van der Waals surface area (Å²) in [5.41, 5.74) is 1.46. The molecule has 2 heterocycles. The minimum atomic E-state index is -0.287. The van der Waals surface area contributed by atoms with Crippen LogP contribution < -0.4 is 4.90 Å². The summed E-state index contributed by atoms with van der Waals surface area (Å²) in [6.45, 7) is 1.48. The number of nitrogens with zero attached hydrogens (tertiary/aromatic N) is 3. The molecule has 15 heavy (non-hydrogen) atoms. The normalized spacial score (nSPS) is 21.1. The molecule has 0 radical (unpaired) electrons. The smallest absolute Gasteiger partial charge is 0.101 e. The molecule has 1 aliphatic rings. The molecular weight excluding hydrogens is 190 g/mol. The minimum Gasteiger partial charge on any atom is -0.391 e. The first kappa shape index (κ1) is 9.94. The average Bonchev–Trinajstić information content (AvgIpc) is 2.29. The van der Waals surface area contributed by atoms with Crippen molar-refractivity contribution in [2.75, 3.05) is 18.0 Å². The molecule has 1 aromatic rings. The van der Waals surface area contributed by atoms with E-state index in [2.05, 4.69) is 11.1 Å². The highest BCUT2D eigenvalue weighted by atomic mass is 16.3. The quantitative estimate of drug-likeness (QED) is 0.737. The number of rotatable bonds is 1. The van der Waals surface area contributed by atoms with Crippen molar-refractivity contribution in [3.8, 4) is 6.07 Å². The number of nitriles is 1. The second-order valence-electron chi connectivity index (χ2n) is 3.75. The van der Waals surface area contributed by atoms with Crippen LogP contribution in [0.1, 0.15) is 18.4 Å². The summed E-state index contributed by atoms with van der Waals surface area (Å²) in [6.07, 6.45) is 4.82. The summed E-state index contributed by atoms with van der Waals surface area (Å²) in [4.78, 5) is 6.05. The first-order valence-corrected chi connectivity index (χ1v) is 5.08. The number of anilines is 1. The summed E-state index contributed by atoms with van der Waals surface area (Å²) < 4.78 is 0. The van der Waals surface area contributed by atoms with Crippen LogP contribution in [0.4, 0.5) is 5.69 Å². The molecule has 2 rings (SSSR count). The fourth-order valence-electron chi connectivity index (χ4n) is 1.91. The number of pyridine rings is 1. The van der Waals surface area contributed by atoms with E-state index in [1.165, 1.54) is 0 Å². The molecule has 1 unspecified atom stereocenters. The number of hydrogen-bond donors (Lipinski definition) is 1. The maximum absolute atomic E-state index is 9.56.